The van der Waals surface area contributed by atoms with Crippen molar-refractivity contribution in [2.75, 3.05) is 0 Å². The summed E-state index contributed by atoms with van der Waals surface area (Å²) in [6, 6.07) is 0. The summed E-state index contributed by atoms with van der Waals surface area (Å²) < 4.78 is 57.0. The van der Waals surface area contributed by atoms with Crippen molar-refractivity contribution in [3.63, 3.8) is 0 Å². The second kappa shape index (κ2) is 5.98. The molecule has 1 aromatic rings. The standard InChI is InChI=1S/C12H13F4IN2O/c1-6-18-10(17)9(13)11(19-6)20-8-4-2-7(3-5-8)12(14,15)16/h7-8H,2-5H2,1H3. The van der Waals surface area contributed by atoms with Crippen molar-refractivity contribution in [2.45, 2.75) is 44.9 Å². The Bertz CT molecular complexity index is 487. The van der Waals surface area contributed by atoms with Crippen molar-refractivity contribution in [1.82, 2.24) is 9.97 Å². The Kier molecular flexibility index (Phi) is 4.70. The average Bonchev–Trinajstić information content (AvgIpc) is 2.35. The van der Waals surface area contributed by atoms with E-state index in [1.807, 2.05) is 0 Å². The summed E-state index contributed by atoms with van der Waals surface area (Å²) in [5.41, 5.74) is 0. The molecule has 1 aromatic heterocycles. The van der Waals surface area contributed by atoms with E-state index in [1.54, 1.807) is 29.5 Å². The summed E-state index contributed by atoms with van der Waals surface area (Å²) in [5, 5.41) is 0. The number of aromatic nitrogens is 2. The molecule has 0 aliphatic heterocycles. The van der Waals surface area contributed by atoms with E-state index >= 15 is 0 Å². The molecule has 1 aliphatic carbocycles. The fourth-order valence-corrected chi connectivity index (χ4v) is 2.82. The van der Waals surface area contributed by atoms with Gasteiger partial charge in [-0.3, -0.25) is 0 Å². The molecular weight excluding hydrogens is 391 g/mol. The Morgan fingerprint density at radius 1 is 1.15 bits per heavy atom. The van der Waals surface area contributed by atoms with Crippen LogP contribution in [0.15, 0.2) is 0 Å². The van der Waals surface area contributed by atoms with E-state index in [-0.39, 0.29) is 35.3 Å². The topological polar surface area (TPSA) is 35.0 Å². The van der Waals surface area contributed by atoms with Crippen LogP contribution in [0.4, 0.5) is 17.6 Å². The maximum Gasteiger partial charge on any atom is 0.391 e. The molecule has 1 aliphatic rings. The van der Waals surface area contributed by atoms with Gasteiger partial charge in [-0.1, -0.05) is 0 Å². The second-order valence-electron chi connectivity index (χ2n) is 4.81. The van der Waals surface area contributed by atoms with Crippen LogP contribution in [0.3, 0.4) is 0 Å². The predicted molar refractivity (Wildman–Crippen MR) is 71.9 cm³/mol. The van der Waals surface area contributed by atoms with Crippen molar-refractivity contribution in [3.05, 3.63) is 15.3 Å². The van der Waals surface area contributed by atoms with Gasteiger partial charge in [-0.25, -0.2) is 4.98 Å². The fraction of sp³-hybridized carbons (Fsp3) is 0.667. The number of alkyl halides is 3. The molecule has 2 rings (SSSR count). The van der Waals surface area contributed by atoms with E-state index in [4.69, 9.17) is 4.74 Å². The first kappa shape index (κ1) is 15.7. The zero-order valence-electron chi connectivity index (χ0n) is 10.7. The van der Waals surface area contributed by atoms with E-state index in [2.05, 4.69) is 9.97 Å². The van der Waals surface area contributed by atoms with Gasteiger partial charge in [0.1, 0.15) is 15.6 Å². The van der Waals surface area contributed by atoms with E-state index in [0.717, 1.165) is 0 Å². The molecule has 3 nitrogen and oxygen atoms in total. The van der Waals surface area contributed by atoms with Gasteiger partial charge >= 0.3 is 6.18 Å². The van der Waals surface area contributed by atoms with Crippen LogP contribution >= 0.6 is 22.6 Å². The monoisotopic (exact) mass is 404 g/mol. The highest BCUT2D eigenvalue weighted by Crippen LogP contribution is 2.38. The molecule has 0 bridgehead atoms. The lowest BCUT2D eigenvalue weighted by atomic mass is 9.87. The Balaban J connectivity index is 2.00. The highest BCUT2D eigenvalue weighted by Gasteiger charge is 2.42. The van der Waals surface area contributed by atoms with Crippen LogP contribution in [-0.4, -0.2) is 22.2 Å². The van der Waals surface area contributed by atoms with Gasteiger partial charge in [0.15, 0.2) is 0 Å². The van der Waals surface area contributed by atoms with Gasteiger partial charge in [0.05, 0.1) is 5.92 Å². The number of hydrogen-bond donors (Lipinski definition) is 0. The third kappa shape index (κ3) is 3.70. The Morgan fingerprint density at radius 3 is 2.30 bits per heavy atom. The maximum atomic E-state index is 13.8. The Hall–Kier alpha value is -0.670. The molecule has 0 spiro atoms. The minimum Gasteiger partial charge on any atom is -0.472 e. The summed E-state index contributed by atoms with van der Waals surface area (Å²) in [6.07, 6.45) is -4.05. The molecule has 0 N–H and O–H groups in total. The van der Waals surface area contributed by atoms with Gasteiger partial charge in [0.2, 0.25) is 5.82 Å². The minimum absolute atomic E-state index is 0.0109. The molecule has 0 aromatic carbocycles. The van der Waals surface area contributed by atoms with Crippen molar-refractivity contribution in [1.29, 1.82) is 0 Å². The van der Waals surface area contributed by atoms with Gasteiger partial charge < -0.3 is 4.74 Å². The first-order valence-corrected chi connectivity index (χ1v) is 7.28. The highest BCUT2D eigenvalue weighted by atomic mass is 127. The van der Waals surface area contributed by atoms with Crippen molar-refractivity contribution in [3.8, 4) is 5.88 Å². The zero-order valence-corrected chi connectivity index (χ0v) is 12.8. The molecule has 0 unspecified atom stereocenters. The highest BCUT2D eigenvalue weighted by molar-refractivity contribution is 14.1. The quantitative estimate of drug-likeness (QED) is 0.424. The summed E-state index contributed by atoms with van der Waals surface area (Å²) in [5.74, 6) is -1.74. The molecule has 1 saturated carbocycles. The molecule has 0 saturated heterocycles. The smallest absolute Gasteiger partial charge is 0.391 e. The molecule has 1 heterocycles. The number of aryl methyl sites for hydroxylation is 1. The first-order chi connectivity index (χ1) is 9.27. The number of nitrogens with zero attached hydrogens (tertiary/aromatic N) is 2. The summed E-state index contributed by atoms with van der Waals surface area (Å²) in [6.45, 7) is 1.61. The third-order valence-electron chi connectivity index (χ3n) is 3.31. The molecular formula is C12H13F4IN2O. The minimum atomic E-state index is -4.16. The van der Waals surface area contributed by atoms with E-state index < -0.39 is 24.0 Å². The van der Waals surface area contributed by atoms with Gasteiger partial charge in [0.25, 0.3) is 5.88 Å². The second-order valence-corrected chi connectivity index (χ2v) is 5.84. The van der Waals surface area contributed by atoms with Gasteiger partial charge in [-0.15, -0.1) is 0 Å². The lowest BCUT2D eigenvalue weighted by Crippen LogP contribution is -2.32. The van der Waals surface area contributed by atoms with Crippen LogP contribution in [0.1, 0.15) is 31.5 Å². The number of halogens is 5. The average molecular weight is 404 g/mol. The first-order valence-electron chi connectivity index (χ1n) is 6.20. The van der Waals surface area contributed by atoms with Gasteiger partial charge in [0, 0.05) is 0 Å². The van der Waals surface area contributed by atoms with E-state index in [1.165, 1.54) is 0 Å². The van der Waals surface area contributed by atoms with E-state index in [0.29, 0.717) is 5.82 Å². The molecule has 0 atom stereocenters. The molecule has 1 fully saturated rings. The predicted octanol–water partition coefficient (Wildman–Crippen LogP) is 4.03. The maximum absolute atomic E-state index is 13.8. The third-order valence-corrected chi connectivity index (χ3v) is 4.02. The van der Waals surface area contributed by atoms with Crippen LogP contribution in [0.25, 0.3) is 0 Å². The van der Waals surface area contributed by atoms with Crippen molar-refractivity contribution >= 4 is 22.6 Å². The zero-order chi connectivity index (χ0) is 14.9. The SMILES string of the molecule is Cc1nc(I)c(F)c(OC2CCC(C(F)(F)F)CC2)n1. The lowest BCUT2D eigenvalue weighted by Gasteiger charge is -2.29. The molecule has 8 heteroatoms. The lowest BCUT2D eigenvalue weighted by molar-refractivity contribution is -0.185. The van der Waals surface area contributed by atoms with Gasteiger partial charge in [-0.05, 0) is 55.2 Å². The van der Waals surface area contributed by atoms with Crippen molar-refractivity contribution < 1.29 is 22.3 Å². The number of rotatable bonds is 2. The molecule has 0 radical (unpaired) electrons. The van der Waals surface area contributed by atoms with Crippen molar-refractivity contribution in [2.24, 2.45) is 5.92 Å². The van der Waals surface area contributed by atoms with Crippen LogP contribution in [0.2, 0.25) is 0 Å². The normalized spacial score (nSPS) is 23.7. The number of ether oxygens (including phenoxy) is 1. The van der Waals surface area contributed by atoms with Crippen LogP contribution < -0.4 is 4.74 Å². The number of hydrogen-bond acceptors (Lipinski definition) is 3. The summed E-state index contributed by atoms with van der Waals surface area (Å²) >= 11 is 1.73. The van der Waals surface area contributed by atoms with Crippen LogP contribution in [0, 0.1) is 22.4 Å². The molecule has 20 heavy (non-hydrogen) atoms. The summed E-state index contributed by atoms with van der Waals surface area (Å²) in [7, 11) is 0. The van der Waals surface area contributed by atoms with Gasteiger partial charge in [-0.2, -0.15) is 22.5 Å². The van der Waals surface area contributed by atoms with E-state index in [9.17, 15) is 17.6 Å². The largest absolute Gasteiger partial charge is 0.472 e. The van der Waals surface area contributed by atoms with Crippen LogP contribution in [0.5, 0.6) is 5.88 Å². The molecule has 112 valence electrons. The van der Waals surface area contributed by atoms with Crippen LogP contribution in [-0.2, 0) is 0 Å². The Morgan fingerprint density at radius 2 is 1.75 bits per heavy atom. The molecule has 0 amide bonds. The summed E-state index contributed by atoms with van der Waals surface area (Å²) in [4.78, 5) is 7.70. The Labute approximate surface area is 127 Å². The fourth-order valence-electron chi connectivity index (χ4n) is 2.24.